The van der Waals surface area contributed by atoms with Crippen molar-refractivity contribution in [3.05, 3.63) is 59.7 Å². The molecule has 7 nitrogen and oxygen atoms in total. The Morgan fingerprint density at radius 3 is 2.26 bits per heavy atom. The zero-order chi connectivity index (χ0) is 24.4. The van der Waals surface area contributed by atoms with Gasteiger partial charge in [-0.15, -0.1) is 0 Å². The maximum atomic E-state index is 13.1. The Kier molecular flexibility index (Phi) is 6.50. The van der Waals surface area contributed by atoms with Crippen molar-refractivity contribution in [1.82, 2.24) is 10.2 Å². The van der Waals surface area contributed by atoms with Gasteiger partial charge in [0.1, 0.15) is 6.61 Å². The molecule has 2 N–H and O–H groups in total. The highest BCUT2D eigenvalue weighted by atomic mass is 16.5. The van der Waals surface area contributed by atoms with Gasteiger partial charge in [-0.3, -0.25) is 9.59 Å². The molecule has 5 rings (SSSR count). The van der Waals surface area contributed by atoms with Gasteiger partial charge >= 0.3 is 12.1 Å². The van der Waals surface area contributed by atoms with Crippen molar-refractivity contribution in [2.75, 3.05) is 13.2 Å². The van der Waals surface area contributed by atoms with Gasteiger partial charge in [0.05, 0.1) is 12.0 Å². The van der Waals surface area contributed by atoms with Crippen LogP contribution < -0.4 is 5.32 Å². The molecule has 0 radical (unpaired) electrons. The number of nitrogens with one attached hydrogen (secondary N) is 1. The summed E-state index contributed by atoms with van der Waals surface area (Å²) in [6.45, 7) is 0.900. The molecular weight excluding hydrogens is 444 g/mol. The Labute approximate surface area is 205 Å². The summed E-state index contributed by atoms with van der Waals surface area (Å²) in [6, 6.07) is 16.4. The van der Waals surface area contributed by atoms with Gasteiger partial charge in [0, 0.05) is 24.9 Å². The smallest absolute Gasteiger partial charge is 0.407 e. The number of fused-ring (bicyclic) bond motifs is 3. The van der Waals surface area contributed by atoms with Gasteiger partial charge < -0.3 is 20.1 Å². The molecule has 1 aliphatic heterocycles. The number of carbonyl (C=O) groups excluding carboxylic acids is 2. The van der Waals surface area contributed by atoms with E-state index in [9.17, 15) is 14.4 Å². The lowest BCUT2D eigenvalue weighted by Gasteiger charge is -2.43. The lowest BCUT2D eigenvalue weighted by atomic mass is 9.74. The largest absolute Gasteiger partial charge is 0.481 e. The maximum Gasteiger partial charge on any atom is 0.407 e. The van der Waals surface area contributed by atoms with Crippen LogP contribution in [-0.2, 0) is 14.3 Å². The zero-order valence-electron chi connectivity index (χ0n) is 19.9. The number of ether oxygens (including phenoxy) is 1. The molecule has 35 heavy (non-hydrogen) atoms. The lowest BCUT2D eigenvalue weighted by molar-refractivity contribution is -0.139. The number of carbonyl (C=O) groups is 3. The number of alkyl carbamates (subject to hydrolysis) is 1. The second-order valence-corrected chi connectivity index (χ2v) is 10.1. The SMILES string of the molecule is O=C(O)CCC1CCCN1C(=O)CC1(NC(=O)OCC2c3ccccc3-c3ccccc32)CCC1. The van der Waals surface area contributed by atoms with Gasteiger partial charge in [0.2, 0.25) is 5.91 Å². The number of hydrogen-bond donors (Lipinski definition) is 2. The highest BCUT2D eigenvalue weighted by Gasteiger charge is 2.43. The number of amides is 2. The lowest BCUT2D eigenvalue weighted by Crippen LogP contribution is -2.56. The number of carboxylic acids is 1. The van der Waals surface area contributed by atoms with Crippen molar-refractivity contribution < 1.29 is 24.2 Å². The minimum atomic E-state index is -0.836. The molecule has 7 heteroatoms. The molecule has 184 valence electrons. The van der Waals surface area contributed by atoms with E-state index in [2.05, 4.69) is 29.6 Å². The third-order valence-corrected chi connectivity index (χ3v) is 7.90. The highest BCUT2D eigenvalue weighted by molar-refractivity contribution is 5.81. The van der Waals surface area contributed by atoms with Crippen LogP contribution in [0.1, 0.15) is 68.4 Å². The molecule has 1 saturated carbocycles. The Hall–Kier alpha value is -3.35. The molecule has 2 aromatic carbocycles. The number of carboxylic acid groups (broad SMARTS) is 1. The van der Waals surface area contributed by atoms with Crippen LogP contribution in [0.15, 0.2) is 48.5 Å². The highest BCUT2D eigenvalue weighted by Crippen LogP contribution is 2.44. The monoisotopic (exact) mass is 476 g/mol. The minimum Gasteiger partial charge on any atom is -0.481 e. The minimum absolute atomic E-state index is 0.00321. The summed E-state index contributed by atoms with van der Waals surface area (Å²) < 4.78 is 5.72. The molecule has 1 atom stereocenters. The Balaban J connectivity index is 1.20. The molecule has 3 aliphatic rings. The number of rotatable bonds is 8. The summed E-state index contributed by atoms with van der Waals surface area (Å²) in [4.78, 5) is 38.8. The average Bonchev–Trinajstić information content (AvgIpc) is 3.43. The van der Waals surface area contributed by atoms with Crippen LogP contribution in [0.3, 0.4) is 0 Å². The zero-order valence-corrected chi connectivity index (χ0v) is 19.9. The Morgan fingerprint density at radius 1 is 1.00 bits per heavy atom. The van der Waals surface area contributed by atoms with Crippen molar-refractivity contribution in [2.45, 2.75) is 68.9 Å². The van der Waals surface area contributed by atoms with E-state index in [-0.39, 0.29) is 37.3 Å². The van der Waals surface area contributed by atoms with Crippen molar-refractivity contribution in [1.29, 1.82) is 0 Å². The molecule has 2 aliphatic carbocycles. The maximum absolute atomic E-state index is 13.1. The molecule has 2 aromatic rings. The number of hydrogen-bond acceptors (Lipinski definition) is 4. The van der Waals surface area contributed by atoms with Gasteiger partial charge in [-0.25, -0.2) is 4.79 Å². The second-order valence-electron chi connectivity index (χ2n) is 10.1. The fraction of sp³-hybridized carbons (Fsp3) is 0.464. The van der Waals surface area contributed by atoms with Gasteiger partial charge in [0.25, 0.3) is 0 Å². The van der Waals surface area contributed by atoms with E-state index >= 15 is 0 Å². The fourth-order valence-corrected chi connectivity index (χ4v) is 5.95. The molecule has 2 fully saturated rings. The van der Waals surface area contributed by atoms with Crippen LogP contribution in [0.5, 0.6) is 0 Å². The summed E-state index contributed by atoms with van der Waals surface area (Å²) in [7, 11) is 0. The number of likely N-dealkylation sites (tertiary alicyclic amines) is 1. The predicted molar refractivity (Wildman–Crippen MR) is 131 cm³/mol. The molecule has 1 unspecified atom stereocenters. The molecule has 1 heterocycles. The molecule has 1 saturated heterocycles. The van der Waals surface area contributed by atoms with E-state index < -0.39 is 17.6 Å². The quantitative estimate of drug-likeness (QED) is 0.576. The van der Waals surface area contributed by atoms with Gasteiger partial charge in [-0.2, -0.15) is 0 Å². The Bertz CT molecular complexity index is 1080. The normalized spacial score (nSPS) is 20.0. The standard InChI is InChI=1S/C28H32N2O5/c31-25(30-16-5-7-19(30)12-13-26(32)33)17-28(14-6-15-28)29-27(34)35-18-24-22-10-3-1-8-20(22)21-9-2-4-11-23(21)24/h1-4,8-11,19,24H,5-7,12-18H2,(H,29,34)(H,32,33). The summed E-state index contributed by atoms with van der Waals surface area (Å²) in [5, 5.41) is 12.0. The van der Waals surface area contributed by atoms with Crippen LogP contribution in [-0.4, -0.2) is 52.7 Å². The molecule has 0 aromatic heterocycles. The summed E-state index contributed by atoms with van der Waals surface area (Å²) in [5.41, 5.74) is 4.12. The second kappa shape index (κ2) is 9.72. The first-order valence-corrected chi connectivity index (χ1v) is 12.6. The topological polar surface area (TPSA) is 95.9 Å². The number of benzene rings is 2. The van der Waals surface area contributed by atoms with Gasteiger partial charge in [0.15, 0.2) is 0 Å². The third-order valence-electron chi connectivity index (χ3n) is 7.90. The van der Waals surface area contributed by atoms with Crippen molar-refractivity contribution in [3.63, 3.8) is 0 Å². The average molecular weight is 477 g/mol. The Morgan fingerprint density at radius 2 is 1.66 bits per heavy atom. The van der Waals surface area contributed by atoms with Crippen molar-refractivity contribution in [2.24, 2.45) is 0 Å². The number of aliphatic carboxylic acids is 1. The number of nitrogens with zero attached hydrogens (tertiary/aromatic N) is 1. The third kappa shape index (κ3) is 4.77. The molecule has 0 bridgehead atoms. The van der Waals surface area contributed by atoms with Crippen molar-refractivity contribution in [3.8, 4) is 11.1 Å². The van der Waals surface area contributed by atoms with Crippen LogP contribution in [0.25, 0.3) is 11.1 Å². The van der Waals surface area contributed by atoms with E-state index in [1.54, 1.807) is 0 Å². The van der Waals surface area contributed by atoms with Crippen LogP contribution >= 0.6 is 0 Å². The summed E-state index contributed by atoms with van der Waals surface area (Å²) in [5.74, 6) is -0.847. The van der Waals surface area contributed by atoms with E-state index in [1.165, 1.54) is 11.1 Å². The molecule has 0 spiro atoms. The first-order chi connectivity index (χ1) is 17.0. The van der Waals surface area contributed by atoms with E-state index in [1.807, 2.05) is 29.2 Å². The van der Waals surface area contributed by atoms with Crippen molar-refractivity contribution >= 4 is 18.0 Å². The van der Waals surface area contributed by atoms with Crippen LogP contribution in [0.2, 0.25) is 0 Å². The van der Waals surface area contributed by atoms with E-state index in [0.717, 1.165) is 43.2 Å². The molecule has 2 amide bonds. The van der Waals surface area contributed by atoms with Crippen LogP contribution in [0, 0.1) is 0 Å². The van der Waals surface area contributed by atoms with E-state index in [4.69, 9.17) is 9.84 Å². The predicted octanol–water partition coefficient (Wildman–Crippen LogP) is 4.69. The summed E-state index contributed by atoms with van der Waals surface area (Å²) in [6.07, 6.45) is 4.48. The van der Waals surface area contributed by atoms with E-state index in [0.29, 0.717) is 13.0 Å². The van der Waals surface area contributed by atoms with Gasteiger partial charge in [-0.05, 0) is 60.8 Å². The van der Waals surface area contributed by atoms with Gasteiger partial charge in [-0.1, -0.05) is 48.5 Å². The summed E-state index contributed by atoms with van der Waals surface area (Å²) >= 11 is 0. The molecular formula is C28H32N2O5. The first-order valence-electron chi connectivity index (χ1n) is 12.6. The first kappa shape index (κ1) is 23.4. The fourth-order valence-electron chi connectivity index (χ4n) is 5.95. The van der Waals surface area contributed by atoms with Crippen LogP contribution in [0.4, 0.5) is 4.79 Å².